The zero-order valence-electron chi connectivity index (χ0n) is 13.0. The molecule has 3 rings (SSSR count). The number of carbonyl (C=O) groups is 3. The van der Waals surface area contributed by atoms with Crippen LogP contribution in [0, 0.1) is 6.92 Å². The monoisotopic (exact) mass is 344 g/mol. The van der Waals surface area contributed by atoms with Crippen LogP contribution in [0.1, 0.15) is 30.0 Å². The van der Waals surface area contributed by atoms with E-state index in [-0.39, 0.29) is 23.8 Å². The molecule has 1 fully saturated rings. The number of imide groups is 1. The number of hydrogen-bond donors (Lipinski definition) is 3. The maximum Gasteiger partial charge on any atom is 0.325 e. The molecule has 0 bridgehead atoms. The summed E-state index contributed by atoms with van der Waals surface area (Å²) in [5.74, 6) is -0.624. The van der Waals surface area contributed by atoms with E-state index in [1.165, 1.54) is 11.3 Å². The highest BCUT2D eigenvalue weighted by Gasteiger charge is 2.25. The molecular weight excluding hydrogens is 328 g/mol. The van der Waals surface area contributed by atoms with Gasteiger partial charge in [0, 0.05) is 29.8 Å². The quantitative estimate of drug-likeness (QED) is 0.745. The summed E-state index contributed by atoms with van der Waals surface area (Å²) >= 11 is 1.36. The number of urea groups is 1. The Morgan fingerprint density at radius 3 is 2.42 bits per heavy atom. The van der Waals surface area contributed by atoms with Crippen LogP contribution in [0.5, 0.6) is 0 Å². The number of aryl methyl sites for hydroxylation is 1. The van der Waals surface area contributed by atoms with E-state index in [0.717, 1.165) is 11.3 Å². The van der Waals surface area contributed by atoms with Gasteiger partial charge >= 0.3 is 6.03 Å². The van der Waals surface area contributed by atoms with Crippen LogP contribution in [0.15, 0.2) is 29.6 Å². The molecule has 4 amide bonds. The van der Waals surface area contributed by atoms with Crippen LogP contribution in [-0.4, -0.2) is 22.8 Å². The summed E-state index contributed by atoms with van der Waals surface area (Å²) in [7, 11) is 0. The van der Waals surface area contributed by atoms with Crippen LogP contribution < -0.4 is 16.0 Å². The zero-order valence-corrected chi connectivity index (χ0v) is 13.8. The fourth-order valence-electron chi connectivity index (χ4n) is 2.52. The lowest BCUT2D eigenvalue weighted by Gasteiger charge is -2.21. The summed E-state index contributed by atoms with van der Waals surface area (Å²) in [5, 5.41) is 10.1. The Balaban J connectivity index is 1.61. The molecule has 0 radical (unpaired) electrons. The predicted octanol–water partition coefficient (Wildman–Crippen LogP) is 2.62. The van der Waals surface area contributed by atoms with Crippen LogP contribution in [0.3, 0.4) is 0 Å². The molecule has 124 valence electrons. The Labute approximate surface area is 142 Å². The number of hydrogen-bond acceptors (Lipinski definition) is 5. The summed E-state index contributed by atoms with van der Waals surface area (Å²) in [5.41, 5.74) is 2.38. The van der Waals surface area contributed by atoms with Crippen molar-refractivity contribution in [1.82, 2.24) is 10.3 Å². The van der Waals surface area contributed by atoms with E-state index in [4.69, 9.17) is 0 Å². The van der Waals surface area contributed by atoms with Crippen molar-refractivity contribution in [3.8, 4) is 0 Å². The van der Waals surface area contributed by atoms with Crippen LogP contribution in [0.25, 0.3) is 0 Å². The number of amides is 4. The standard InChI is InChI=1S/C16H16N4O3S/c1-9-8-24-16(17-9)20-15(23)18-12-4-2-10(3-5-12)11-6-13(21)19-14(22)7-11/h2-5,8,11H,6-7H2,1H3,(H,19,21,22)(H2,17,18,20,23). The van der Waals surface area contributed by atoms with E-state index in [1.54, 1.807) is 12.1 Å². The maximum atomic E-state index is 11.9. The van der Waals surface area contributed by atoms with Gasteiger partial charge in [-0.3, -0.25) is 20.2 Å². The molecule has 1 aliphatic heterocycles. The van der Waals surface area contributed by atoms with Crippen molar-refractivity contribution in [2.75, 3.05) is 10.6 Å². The highest BCUT2D eigenvalue weighted by molar-refractivity contribution is 7.13. The van der Waals surface area contributed by atoms with Crippen molar-refractivity contribution in [3.05, 3.63) is 40.9 Å². The number of anilines is 2. The number of rotatable bonds is 3. The molecule has 2 heterocycles. The van der Waals surface area contributed by atoms with Gasteiger partial charge in [-0.25, -0.2) is 9.78 Å². The topological polar surface area (TPSA) is 100 Å². The minimum atomic E-state index is -0.371. The van der Waals surface area contributed by atoms with Crippen molar-refractivity contribution in [1.29, 1.82) is 0 Å². The fourth-order valence-corrected chi connectivity index (χ4v) is 3.21. The first-order valence-electron chi connectivity index (χ1n) is 7.42. The number of aromatic nitrogens is 1. The number of benzene rings is 1. The van der Waals surface area contributed by atoms with Gasteiger partial charge in [-0.2, -0.15) is 0 Å². The van der Waals surface area contributed by atoms with Crippen LogP contribution in [0.2, 0.25) is 0 Å². The van der Waals surface area contributed by atoms with E-state index < -0.39 is 0 Å². The van der Waals surface area contributed by atoms with Gasteiger partial charge in [0.05, 0.1) is 5.69 Å². The summed E-state index contributed by atoms with van der Waals surface area (Å²) in [6.07, 6.45) is 0.588. The maximum absolute atomic E-state index is 11.9. The SMILES string of the molecule is Cc1csc(NC(=O)Nc2ccc(C3CC(=O)NC(=O)C3)cc2)n1. The third kappa shape index (κ3) is 3.96. The molecule has 3 N–H and O–H groups in total. The van der Waals surface area contributed by atoms with E-state index in [9.17, 15) is 14.4 Å². The molecule has 2 aromatic rings. The van der Waals surface area contributed by atoms with Gasteiger partial charge in [-0.15, -0.1) is 11.3 Å². The zero-order chi connectivity index (χ0) is 17.1. The van der Waals surface area contributed by atoms with Crippen molar-refractivity contribution in [2.24, 2.45) is 0 Å². The smallest absolute Gasteiger partial charge is 0.308 e. The van der Waals surface area contributed by atoms with Crippen LogP contribution in [-0.2, 0) is 9.59 Å². The molecule has 0 aliphatic carbocycles. The van der Waals surface area contributed by atoms with Crippen molar-refractivity contribution in [2.45, 2.75) is 25.7 Å². The largest absolute Gasteiger partial charge is 0.325 e. The highest BCUT2D eigenvalue weighted by atomic mass is 32.1. The van der Waals surface area contributed by atoms with Crippen LogP contribution >= 0.6 is 11.3 Å². The van der Waals surface area contributed by atoms with Gasteiger partial charge in [0.15, 0.2) is 5.13 Å². The Morgan fingerprint density at radius 1 is 1.17 bits per heavy atom. The van der Waals surface area contributed by atoms with Crippen molar-refractivity contribution in [3.63, 3.8) is 0 Å². The Bertz CT molecular complexity index is 769. The molecule has 1 saturated heterocycles. The van der Waals surface area contributed by atoms with E-state index >= 15 is 0 Å². The molecule has 24 heavy (non-hydrogen) atoms. The van der Waals surface area contributed by atoms with Gasteiger partial charge in [-0.05, 0) is 24.6 Å². The molecule has 7 nitrogen and oxygen atoms in total. The fraction of sp³-hybridized carbons (Fsp3) is 0.250. The number of piperidine rings is 1. The molecule has 0 atom stereocenters. The molecule has 1 aromatic heterocycles. The van der Waals surface area contributed by atoms with Gasteiger partial charge < -0.3 is 5.32 Å². The molecule has 1 aliphatic rings. The summed E-state index contributed by atoms with van der Waals surface area (Å²) < 4.78 is 0. The second-order valence-corrected chi connectivity index (χ2v) is 6.43. The lowest BCUT2D eigenvalue weighted by molar-refractivity contribution is -0.133. The normalized spacial score (nSPS) is 15.0. The second kappa shape index (κ2) is 6.79. The molecule has 0 spiro atoms. The highest BCUT2D eigenvalue weighted by Crippen LogP contribution is 2.27. The molecular formula is C16H16N4O3S. The average molecular weight is 344 g/mol. The molecule has 0 saturated carbocycles. The molecule has 8 heteroatoms. The Morgan fingerprint density at radius 2 is 1.83 bits per heavy atom. The summed E-state index contributed by atoms with van der Waals surface area (Å²) in [6, 6.07) is 6.77. The second-order valence-electron chi connectivity index (χ2n) is 5.57. The number of nitrogens with zero attached hydrogens (tertiary/aromatic N) is 1. The van der Waals surface area contributed by atoms with Gasteiger partial charge in [0.25, 0.3) is 0 Å². The first-order chi connectivity index (χ1) is 11.5. The van der Waals surface area contributed by atoms with Crippen molar-refractivity contribution < 1.29 is 14.4 Å². The van der Waals surface area contributed by atoms with E-state index in [2.05, 4.69) is 20.9 Å². The Kier molecular flexibility index (Phi) is 4.57. The molecule has 0 unspecified atom stereocenters. The first kappa shape index (κ1) is 16.1. The minimum absolute atomic E-state index is 0.118. The summed E-state index contributed by atoms with van der Waals surface area (Å²) in [6.45, 7) is 1.86. The third-order valence-electron chi connectivity index (χ3n) is 3.62. The number of thiazole rings is 1. The average Bonchev–Trinajstić information content (AvgIpc) is 2.92. The van der Waals surface area contributed by atoms with Gasteiger partial charge in [-0.1, -0.05) is 12.1 Å². The number of nitrogens with one attached hydrogen (secondary N) is 3. The van der Waals surface area contributed by atoms with Gasteiger partial charge in [0.1, 0.15) is 0 Å². The van der Waals surface area contributed by atoms with Crippen molar-refractivity contribution >= 4 is 40.0 Å². The van der Waals surface area contributed by atoms with E-state index in [1.807, 2.05) is 24.4 Å². The van der Waals surface area contributed by atoms with Gasteiger partial charge in [0.2, 0.25) is 11.8 Å². The number of carbonyl (C=O) groups excluding carboxylic acids is 3. The predicted molar refractivity (Wildman–Crippen MR) is 91.1 cm³/mol. The minimum Gasteiger partial charge on any atom is -0.308 e. The van der Waals surface area contributed by atoms with E-state index in [0.29, 0.717) is 23.7 Å². The Hall–Kier alpha value is -2.74. The first-order valence-corrected chi connectivity index (χ1v) is 8.30. The lowest BCUT2D eigenvalue weighted by atomic mass is 9.89. The summed E-state index contributed by atoms with van der Waals surface area (Å²) in [4.78, 5) is 39.0. The third-order valence-corrected chi connectivity index (χ3v) is 4.50. The van der Waals surface area contributed by atoms with Crippen LogP contribution in [0.4, 0.5) is 15.6 Å². The molecule has 1 aromatic carbocycles. The lowest BCUT2D eigenvalue weighted by Crippen LogP contribution is -2.37.